The summed E-state index contributed by atoms with van der Waals surface area (Å²) < 4.78 is 5.70. The molecule has 1 N–H and O–H groups in total. The Morgan fingerprint density at radius 3 is 2.59 bits per heavy atom. The molecule has 0 saturated carbocycles. The number of ether oxygens (including phenoxy) is 1. The van der Waals surface area contributed by atoms with E-state index in [0.717, 1.165) is 31.6 Å². The molecular formula is C15H24O2. The predicted octanol–water partition coefficient (Wildman–Crippen LogP) is 3.42. The number of aryl methyl sites for hydroxylation is 1. The topological polar surface area (TPSA) is 29.5 Å². The van der Waals surface area contributed by atoms with E-state index in [9.17, 15) is 5.11 Å². The summed E-state index contributed by atoms with van der Waals surface area (Å²) in [5, 5.41) is 9.81. The van der Waals surface area contributed by atoms with Gasteiger partial charge in [0.15, 0.2) is 0 Å². The Hall–Kier alpha value is -1.02. The van der Waals surface area contributed by atoms with E-state index in [1.165, 1.54) is 5.56 Å². The zero-order valence-electron chi connectivity index (χ0n) is 11.1. The largest absolute Gasteiger partial charge is 0.493 e. The molecule has 0 aliphatic rings. The third kappa shape index (κ3) is 4.78. The Morgan fingerprint density at radius 1 is 1.24 bits per heavy atom. The van der Waals surface area contributed by atoms with E-state index in [2.05, 4.69) is 13.0 Å². The molecular weight excluding hydrogens is 212 g/mol. The average Bonchev–Trinajstić information content (AvgIpc) is 2.34. The monoisotopic (exact) mass is 236 g/mol. The van der Waals surface area contributed by atoms with Crippen LogP contribution in [-0.4, -0.2) is 17.8 Å². The van der Waals surface area contributed by atoms with Crippen LogP contribution in [-0.2, 0) is 6.42 Å². The van der Waals surface area contributed by atoms with Crippen molar-refractivity contribution < 1.29 is 9.84 Å². The molecule has 0 heterocycles. The van der Waals surface area contributed by atoms with Crippen molar-refractivity contribution in [2.75, 3.05) is 6.61 Å². The standard InChI is InChI=1S/C15H24O2/c1-4-11-17-15-8-6-5-7-13(15)9-10-14(16)12(2)3/h5-8,12,14,16H,4,9-11H2,1-3H3. The van der Waals surface area contributed by atoms with Gasteiger partial charge >= 0.3 is 0 Å². The number of rotatable bonds is 7. The normalized spacial score (nSPS) is 12.8. The molecule has 0 spiro atoms. The van der Waals surface area contributed by atoms with Gasteiger partial charge in [-0.15, -0.1) is 0 Å². The fourth-order valence-electron chi connectivity index (χ4n) is 1.70. The van der Waals surface area contributed by atoms with Gasteiger partial charge in [-0.25, -0.2) is 0 Å². The second-order valence-electron chi connectivity index (χ2n) is 4.81. The molecule has 1 unspecified atom stereocenters. The Kier molecular flexibility index (Phi) is 6.06. The van der Waals surface area contributed by atoms with E-state index in [4.69, 9.17) is 4.74 Å². The van der Waals surface area contributed by atoms with Crippen molar-refractivity contribution in [3.63, 3.8) is 0 Å². The van der Waals surface area contributed by atoms with Crippen LogP contribution in [0, 0.1) is 5.92 Å². The van der Waals surface area contributed by atoms with E-state index in [1.807, 2.05) is 32.0 Å². The highest BCUT2D eigenvalue weighted by Gasteiger charge is 2.10. The number of hydrogen-bond donors (Lipinski definition) is 1. The quantitative estimate of drug-likeness (QED) is 0.786. The molecule has 0 bridgehead atoms. The first kappa shape index (κ1) is 14.0. The number of para-hydroxylation sites is 1. The highest BCUT2D eigenvalue weighted by Crippen LogP contribution is 2.21. The van der Waals surface area contributed by atoms with Gasteiger partial charge in [0.05, 0.1) is 12.7 Å². The molecule has 0 fully saturated rings. The molecule has 0 aliphatic carbocycles. The molecule has 0 aromatic heterocycles. The lowest BCUT2D eigenvalue weighted by Crippen LogP contribution is -2.15. The maximum absolute atomic E-state index is 9.81. The summed E-state index contributed by atoms with van der Waals surface area (Å²) in [6.07, 6.45) is 2.46. The molecule has 1 aromatic carbocycles. The Bertz CT molecular complexity index is 320. The van der Waals surface area contributed by atoms with Crippen LogP contribution in [0.4, 0.5) is 0 Å². The third-order valence-corrected chi connectivity index (χ3v) is 2.91. The molecule has 1 atom stereocenters. The zero-order chi connectivity index (χ0) is 12.7. The second kappa shape index (κ2) is 7.33. The van der Waals surface area contributed by atoms with E-state index in [1.54, 1.807) is 0 Å². The summed E-state index contributed by atoms with van der Waals surface area (Å²) in [6, 6.07) is 8.11. The maximum atomic E-state index is 9.81. The van der Waals surface area contributed by atoms with E-state index >= 15 is 0 Å². The van der Waals surface area contributed by atoms with E-state index in [-0.39, 0.29) is 6.10 Å². The smallest absolute Gasteiger partial charge is 0.122 e. The van der Waals surface area contributed by atoms with Crippen LogP contribution in [0.2, 0.25) is 0 Å². The van der Waals surface area contributed by atoms with E-state index < -0.39 is 0 Å². The molecule has 0 saturated heterocycles. The number of hydrogen-bond acceptors (Lipinski definition) is 2. The summed E-state index contributed by atoms with van der Waals surface area (Å²) in [6.45, 7) is 6.95. The van der Waals surface area contributed by atoms with E-state index in [0.29, 0.717) is 5.92 Å². The van der Waals surface area contributed by atoms with Crippen molar-refractivity contribution in [2.45, 2.75) is 46.1 Å². The first-order chi connectivity index (χ1) is 8.15. The maximum Gasteiger partial charge on any atom is 0.122 e. The Labute approximate surface area is 105 Å². The average molecular weight is 236 g/mol. The van der Waals surface area contributed by atoms with Gasteiger partial charge in [-0.2, -0.15) is 0 Å². The van der Waals surface area contributed by atoms with Crippen LogP contribution in [0.15, 0.2) is 24.3 Å². The van der Waals surface area contributed by atoms with Crippen molar-refractivity contribution >= 4 is 0 Å². The molecule has 96 valence electrons. The lowest BCUT2D eigenvalue weighted by atomic mass is 9.99. The minimum Gasteiger partial charge on any atom is -0.493 e. The summed E-state index contributed by atoms with van der Waals surface area (Å²) in [5.74, 6) is 1.28. The molecule has 1 rings (SSSR count). The minimum absolute atomic E-state index is 0.228. The van der Waals surface area contributed by atoms with Crippen molar-refractivity contribution in [2.24, 2.45) is 5.92 Å². The van der Waals surface area contributed by atoms with Gasteiger partial charge in [0.2, 0.25) is 0 Å². The van der Waals surface area contributed by atoms with Crippen molar-refractivity contribution in [3.05, 3.63) is 29.8 Å². The number of aliphatic hydroxyl groups is 1. The molecule has 0 radical (unpaired) electrons. The number of aliphatic hydroxyl groups excluding tert-OH is 1. The van der Waals surface area contributed by atoms with Crippen LogP contribution in [0.1, 0.15) is 39.2 Å². The lowest BCUT2D eigenvalue weighted by molar-refractivity contribution is 0.116. The highest BCUT2D eigenvalue weighted by atomic mass is 16.5. The molecule has 1 aromatic rings. The van der Waals surface area contributed by atoms with Gasteiger partial charge in [-0.1, -0.05) is 39.0 Å². The SMILES string of the molecule is CCCOc1ccccc1CCC(O)C(C)C. The summed E-state index contributed by atoms with van der Waals surface area (Å²) in [7, 11) is 0. The van der Waals surface area contributed by atoms with Crippen LogP contribution < -0.4 is 4.74 Å². The van der Waals surface area contributed by atoms with Gasteiger partial charge in [-0.3, -0.25) is 0 Å². The molecule has 2 nitrogen and oxygen atoms in total. The van der Waals surface area contributed by atoms with Crippen molar-refractivity contribution in [1.29, 1.82) is 0 Å². The Morgan fingerprint density at radius 2 is 1.94 bits per heavy atom. The first-order valence-corrected chi connectivity index (χ1v) is 6.54. The fraction of sp³-hybridized carbons (Fsp3) is 0.600. The van der Waals surface area contributed by atoms with Gasteiger partial charge in [-0.05, 0) is 36.8 Å². The van der Waals surface area contributed by atoms with Crippen molar-refractivity contribution in [1.82, 2.24) is 0 Å². The predicted molar refractivity (Wildman–Crippen MR) is 71.4 cm³/mol. The fourth-order valence-corrected chi connectivity index (χ4v) is 1.70. The summed E-state index contributed by atoms with van der Waals surface area (Å²) >= 11 is 0. The lowest BCUT2D eigenvalue weighted by Gasteiger charge is -2.15. The van der Waals surface area contributed by atoms with Gasteiger partial charge in [0.1, 0.15) is 5.75 Å². The van der Waals surface area contributed by atoms with Crippen LogP contribution in [0.3, 0.4) is 0 Å². The van der Waals surface area contributed by atoms with Crippen LogP contribution >= 0.6 is 0 Å². The summed E-state index contributed by atoms with van der Waals surface area (Å²) in [4.78, 5) is 0. The van der Waals surface area contributed by atoms with Gasteiger partial charge in [0.25, 0.3) is 0 Å². The molecule has 0 amide bonds. The first-order valence-electron chi connectivity index (χ1n) is 6.54. The van der Waals surface area contributed by atoms with Crippen LogP contribution in [0.25, 0.3) is 0 Å². The highest BCUT2D eigenvalue weighted by molar-refractivity contribution is 5.33. The summed E-state index contributed by atoms with van der Waals surface area (Å²) in [5.41, 5.74) is 1.20. The minimum atomic E-state index is -0.228. The second-order valence-corrected chi connectivity index (χ2v) is 4.81. The molecule has 17 heavy (non-hydrogen) atoms. The number of benzene rings is 1. The molecule has 0 aliphatic heterocycles. The Balaban J connectivity index is 2.57. The molecule has 2 heteroatoms. The van der Waals surface area contributed by atoms with Gasteiger partial charge in [0, 0.05) is 0 Å². The van der Waals surface area contributed by atoms with Gasteiger partial charge < -0.3 is 9.84 Å². The van der Waals surface area contributed by atoms with Crippen LogP contribution in [0.5, 0.6) is 5.75 Å². The third-order valence-electron chi connectivity index (χ3n) is 2.91. The zero-order valence-corrected chi connectivity index (χ0v) is 11.1. The van der Waals surface area contributed by atoms with Crippen molar-refractivity contribution in [3.8, 4) is 5.75 Å².